The number of anilines is 2. The van der Waals surface area contributed by atoms with Crippen molar-refractivity contribution in [2.75, 3.05) is 44.4 Å². The van der Waals surface area contributed by atoms with E-state index in [9.17, 15) is 22.8 Å². The Kier molecular flexibility index (Phi) is 9.40. The maximum Gasteiger partial charge on any atom is 0.279 e. The summed E-state index contributed by atoms with van der Waals surface area (Å²) in [6.07, 6.45) is 3.97. The number of nitrogens with one attached hydrogen (secondary N) is 4. The molecule has 0 bridgehead atoms. The molecule has 12 nitrogen and oxygen atoms in total. The van der Waals surface area contributed by atoms with Gasteiger partial charge in [-0.2, -0.15) is 12.7 Å². The summed E-state index contributed by atoms with van der Waals surface area (Å²) in [7, 11) is -0.366. The van der Waals surface area contributed by atoms with Crippen LogP contribution in [0.1, 0.15) is 54.0 Å². The topological polar surface area (TPSA) is 153 Å². The van der Waals surface area contributed by atoms with Crippen LogP contribution in [0.3, 0.4) is 0 Å². The van der Waals surface area contributed by atoms with Crippen LogP contribution in [0.4, 0.5) is 11.5 Å². The molecule has 1 spiro atoms. The van der Waals surface area contributed by atoms with Crippen molar-refractivity contribution in [1.82, 2.24) is 24.2 Å². The molecule has 0 radical (unpaired) electrons. The van der Waals surface area contributed by atoms with Crippen molar-refractivity contribution in [3.8, 4) is 0 Å². The Morgan fingerprint density at radius 1 is 1.00 bits per heavy atom. The van der Waals surface area contributed by atoms with E-state index in [1.807, 2.05) is 68.6 Å². The summed E-state index contributed by atoms with van der Waals surface area (Å²) in [5.74, 6) is 0.0436. The van der Waals surface area contributed by atoms with Crippen LogP contribution in [0.2, 0.25) is 0 Å². The second-order valence-electron chi connectivity index (χ2n) is 13.0. The lowest BCUT2D eigenvalue weighted by molar-refractivity contribution is -0.147. The number of carbonyl (C=O) groups excluding carboxylic acids is 3. The largest absolute Gasteiger partial charge is 0.329 e. The SMILES string of the molecule is CCC1(C(=O)N(CC(=O)Nc2ccc3c(c2)C[C@@]2(C3)C(=O)Nc3ncccc32)Cc2ccccc2CNC)CCN(S(=O)(=O)NC)CC1. The van der Waals surface area contributed by atoms with Crippen LogP contribution in [-0.4, -0.2) is 74.1 Å². The first-order valence-electron chi connectivity index (χ1n) is 16.4. The van der Waals surface area contributed by atoms with Gasteiger partial charge >= 0.3 is 0 Å². The molecule has 1 aliphatic carbocycles. The summed E-state index contributed by atoms with van der Waals surface area (Å²) in [5, 5.41) is 9.11. The number of nitrogens with zero attached hydrogens (tertiary/aromatic N) is 3. The van der Waals surface area contributed by atoms with Crippen LogP contribution in [0, 0.1) is 5.41 Å². The van der Waals surface area contributed by atoms with Gasteiger partial charge in [-0.1, -0.05) is 43.3 Å². The Morgan fingerprint density at radius 3 is 2.44 bits per heavy atom. The van der Waals surface area contributed by atoms with Crippen molar-refractivity contribution in [2.45, 2.75) is 57.5 Å². The zero-order valence-electron chi connectivity index (χ0n) is 27.6. The van der Waals surface area contributed by atoms with Crippen LogP contribution in [-0.2, 0) is 55.9 Å². The monoisotopic (exact) mass is 673 g/mol. The minimum atomic E-state index is -3.61. The molecule has 3 aromatic rings. The third-order valence-electron chi connectivity index (χ3n) is 10.3. The van der Waals surface area contributed by atoms with Crippen molar-refractivity contribution in [1.29, 1.82) is 0 Å². The normalized spacial score (nSPS) is 19.9. The van der Waals surface area contributed by atoms with Gasteiger partial charge in [0, 0.05) is 50.7 Å². The van der Waals surface area contributed by atoms with Crippen molar-refractivity contribution >= 4 is 39.4 Å². The smallest absolute Gasteiger partial charge is 0.279 e. The maximum atomic E-state index is 14.5. The molecule has 1 aromatic heterocycles. The van der Waals surface area contributed by atoms with Crippen LogP contribution >= 0.6 is 0 Å². The molecule has 254 valence electrons. The van der Waals surface area contributed by atoms with Gasteiger partial charge in [0.25, 0.3) is 10.2 Å². The van der Waals surface area contributed by atoms with E-state index >= 15 is 0 Å². The zero-order valence-corrected chi connectivity index (χ0v) is 28.5. The number of hydrogen-bond donors (Lipinski definition) is 4. The Balaban J connectivity index is 1.22. The van der Waals surface area contributed by atoms with E-state index in [1.54, 1.807) is 11.1 Å². The number of fused-ring (bicyclic) bond motifs is 3. The summed E-state index contributed by atoms with van der Waals surface area (Å²) < 4.78 is 28.7. The Morgan fingerprint density at radius 2 is 1.73 bits per heavy atom. The maximum absolute atomic E-state index is 14.5. The highest BCUT2D eigenvalue weighted by atomic mass is 32.2. The van der Waals surface area contributed by atoms with Gasteiger partial charge in [-0.15, -0.1) is 0 Å². The Hall–Kier alpha value is -4.17. The molecule has 3 amide bonds. The molecule has 0 saturated carbocycles. The molecule has 6 rings (SSSR count). The van der Waals surface area contributed by atoms with Gasteiger partial charge in [0.1, 0.15) is 12.4 Å². The lowest BCUT2D eigenvalue weighted by atomic mass is 9.75. The highest BCUT2D eigenvalue weighted by molar-refractivity contribution is 7.87. The van der Waals surface area contributed by atoms with Gasteiger partial charge in [-0.05, 0) is 79.6 Å². The minimum absolute atomic E-state index is 0.0649. The van der Waals surface area contributed by atoms with Gasteiger partial charge in [0.15, 0.2) is 0 Å². The third kappa shape index (κ3) is 6.23. The molecule has 1 saturated heterocycles. The fourth-order valence-corrected chi connectivity index (χ4v) is 8.46. The van der Waals surface area contributed by atoms with Gasteiger partial charge in [-0.25, -0.2) is 9.71 Å². The molecule has 13 heteroatoms. The van der Waals surface area contributed by atoms with Crippen LogP contribution in [0.15, 0.2) is 60.8 Å². The van der Waals surface area contributed by atoms with E-state index in [2.05, 4.69) is 25.7 Å². The first-order chi connectivity index (χ1) is 23.0. The van der Waals surface area contributed by atoms with Crippen molar-refractivity contribution in [3.63, 3.8) is 0 Å². The van der Waals surface area contributed by atoms with Crippen LogP contribution < -0.4 is 20.7 Å². The highest BCUT2D eigenvalue weighted by Crippen LogP contribution is 2.47. The summed E-state index contributed by atoms with van der Waals surface area (Å²) in [5.41, 5.74) is 3.97. The highest BCUT2D eigenvalue weighted by Gasteiger charge is 2.51. The second-order valence-corrected chi connectivity index (χ2v) is 14.9. The van der Waals surface area contributed by atoms with E-state index < -0.39 is 21.0 Å². The van der Waals surface area contributed by atoms with Gasteiger partial charge in [0.05, 0.1) is 10.8 Å². The third-order valence-corrected chi connectivity index (χ3v) is 11.9. The molecule has 1 fully saturated rings. The van der Waals surface area contributed by atoms with E-state index in [1.165, 1.54) is 11.4 Å². The van der Waals surface area contributed by atoms with Crippen molar-refractivity contribution in [2.24, 2.45) is 5.41 Å². The Labute approximate surface area is 281 Å². The molecular formula is C35H43N7O5S. The molecule has 1 atom stereocenters. The molecule has 4 N–H and O–H groups in total. The zero-order chi connectivity index (χ0) is 34.1. The quantitative estimate of drug-likeness (QED) is 0.244. The summed E-state index contributed by atoms with van der Waals surface area (Å²) in [6, 6.07) is 17.3. The predicted octanol–water partition coefficient (Wildman–Crippen LogP) is 2.71. The van der Waals surface area contributed by atoms with E-state index in [0.717, 1.165) is 27.8 Å². The lowest BCUT2D eigenvalue weighted by Gasteiger charge is -2.42. The first kappa shape index (κ1) is 33.7. The van der Waals surface area contributed by atoms with Gasteiger partial charge in [0.2, 0.25) is 17.7 Å². The number of pyridine rings is 1. The average molecular weight is 674 g/mol. The average Bonchev–Trinajstić information content (AvgIpc) is 3.61. The molecule has 0 unspecified atom stereocenters. The van der Waals surface area contributed by atoms with Crippen molar-refractivity contribution < 1.29 is 22.8 Å². The molecule has 2 aliphatic heterocycles. The predicted molar refractivity (Wildman–Crippen MR) is 183 cm³/mol. The molecule has 3 heterocycles. The lowest BCUT2D eigenvalue weighted by Crippen LogP contribution is -2.53. The number of rotatable bonds is 11. The number of piperidine rings is 1. The second kappa shape index (κ2) is 13.4. The molecule has 3 aliphatic rings. The number of carbonyl (C=O) groups is 3. The number of aromatic nitrogens is 1. The number of benzene rings is 2. The van der Waals surface area contributed by atoms with E-state index in [0.29, 0.717) is 50.2 Å². The van der Waals surface area contributed by atoms with Gasteiger partial charge < -0.3 is 20.9 Å². The Bertz CT molecular complexity index is 1840. The summed E-state index contributed by atoms with van der Waals surface area (Å²) in [6.45, 7) is 3.05. The first-order valence-corrected chi connectivity index (χ1v) is 17.9. The molecular weight excluding hydrogens is 630 g/mol. The van der Waals surface area contributed by atoms with Crippen LogP contribution in [0.25, 0.3) is 0 Å². The fourth-order valence-electron chi connectivity index (χ4n) is 7.54. The number of hydrogen-bond acceptors (Lipinski definition) is 7. The van der Waals surface area contributed by atoms with E-state index in [4.69, 9.17) is 0 Å². The van der Waals surface area contributed by atoms with Crippen LogP contribution in [0.5, 0.6) is 0 Å². The van der Waals surface area contributed by atoms with E-state index in [-0.39, 0.29) is 43.9 Å². The summed E-state index contributed by atoms with van der Waals surface area (Å²) >= 11 is 0. The molecule has 2 aromatic carbocycles. The standard InChI is InChI=1S/C35H43N7O5S/c1-4-34(13-16-42(17-14-34)48(46,47)37-3)33(45)41(22-26-9-6-5-8-25(26)21-36-2)23-30(43)39-28-12-11-24-19-35(20-27(24)18-28)29-10-7-15-38-31(29)40-32(35)44/h5-12,15,18,36-37H,4,13-14,16-17,19-23H2,1-3H3,(H,39,43)(H,38,40,44)/t35-/m1/s1. The summed E-state index contributed by atoms with van der Waals surface area (Å²) in [4.78, 5) is 47.3. The minimum Gasteiger partial charge on any atom is -0.329 e. The fraction of sp³-hybridized carbons (Fsp3) is 0.429. The molecule has 48 heavy (non-hydrogen) atoms. The van der Waals surface area contributed by atoms with Crippen molar-refractivity contribution in [3.05, 3.63) is 88.6 Å². The number of amides is 3. The van der Waals surface area contributed by atoms with Gasteiger partial charge in [-0.3, -0.25) is 14.4 Å².